The number of halogens is 5. The van der Waals surface area contributed by atoms with Crippen LogP contribution in [0.3, 0.4) is 0 Å². The SMILES string of the molecule is Cc1nc2cc(F)c(NC(=O)c3cccc(-n4nc(C(F)(F)F)c(Cl)c4COc4ccc(C(=O)OC(C)(C)C)cc4)c3)cc2o1. The van der Waals surface area contributed by atoms with Crippen LogP contribution in [-0.2, 0) is 17.5 Å². The molecule has 0 unspecified atom stereocenters. The van der Waals surface area contributed by atoms with Crippen molar-refractivity contribution in [2.75, 3.05) is 5.32 Å². The van der Waals surface area contributed by atoms with Crippen LogP contribution in [-0.4, -0.2) is 32.2 Å². The van der Waals surface area contributed by atoms with Gasteiger partial charge in [-0.15, -0.1) is 0 Å². The lowest BCUT2D eigenvalue weighted by Crippen LogP contribution is -2.23. The van der Waals surface area contributed by atoms with E-state index in [1.807, 2.05) is 0 Å². The summed E-state index contributed by atoms with van der Waals surface area (Å²) in [5.74, 6) is -1.51. The smallest absolute Gasteiger partial charge is 0.436 e. The molecule has 45 heavy (non-hydrogen) atoms. The van der Waals surface area contributed by atoms with Gasteiger partial charge >= 0.3 is 12.1 Å². The molecule has 5 aromatic rings. The molecule has 2 heterocycles. The zero-order valence-corrected chi connectivity index (χ0v) is 25.0. The summed E-state index contributed by atoms with van der Waals surface area (Å²) in [6.45, 7) is 6.33. The number of anilines is 1. The minimum absolute atomic E-state index is 0.00877. The fraction of sp³-hybridized carbons (Fsp3) is 0.226. The summed E-state index contributed by atoms with van der Waals surface area (Å²) in [5, 5.41) is 5.42. The molecule has 2 aromatic heterocycles. The number of carbonyl (C=O) groups is 2. The average molecular weight is 645 g/mol. The van der Waals surface area contributed by atoms with E-state index in [1.165, 1.54) is 54.6 Å². The van der Waals surface area contributed by atoms with E-state index in [2.05, 4.69) is 15.4 Å². The maximum Gasteiger partial charge on any atom is 0.436 e. The molecular formula is C31H25ClF4N4O5. The molecule has 0 aliphatic heterocycles. The lowest BCUT2D eigenvalue weighted by molar-refractivity contribution is -0.141. The number of nitrogens with one attached hydrogen (secondary N) is 1. The Kier molecular flexibility index (Phi) is 8.32. The van der Waals surface area contributed by atoms with Crippen LogP contribution in [0.25, 0.3) is 16.8 Å². The van der Waals surface area contributed by atoms with Gasteiger partial charge in [0.1, 0.15) is 35.0 Å². The molecule has 0 saturated heterocycles. The van der Waals surface area contributed by atoms with Crippen LogP contribution < -0.4 is 10.1 Å². The molecule has 3 aromatic carbocycles. The molecule has 0 atom stereocenters. The molecule has 234 valence electrons. The second kappa shape index (κ2) is 11.9. The number of hydrogen-bond donors (Lipinski definition) is 1. The van der Waals surface area contributed by atoms with Crippen molar-refractivity contribution in [2.45, 2.75) is 46.1 Å². The van der Waals surface area contributed by atoms with E-state index in [0.29, 0.717) is 5.89 Å². The molecule has 0 saturated carbocycles. The Hall–Kier alpha value is -4.91. The Morgan fingerprint density at radius 1 is 1.02 bits per heavy atom. The van der Waals surface area contributed by atoms with Crippen molar-refractivity contribution >= 4 is 40.3 Å². The van der Waals surface area contributed by atoms with E-state index >= 15 is 0 Å². The van der Waals surface area contributed by atoms with Gasteiger partial charge in [-0.3, -0.25) is 4.79 Å². The van der Waals surface area contributed by atoms with Crippen LogP contribution in [0.15, 0.2) is 65.1 Å². The molecule has 1 amide bonds. The molecule has 5 rings (SSSR count). The normalized spacial score (nSPS) is 11.9. The first-order valence-electron chi connectivity index (χ1n) is 13.4. The number of amides is 1. The molecule has 9 nitrogen and oxygen atoms in total. The van der Waals surface area contributed by atoms with E-state index in [1.54, 1.807) is 27.7 Å². The third kappa shape index (κ3) is 7.09. The van der Waals surface area contributed by atoms with Crippen molar-refractivity contribution in [3.8, 4) is 11.4 Å². The highest BCUT2D eigenvalue weighted by atomic mass is 35.5. The topological polar surface area (TPSA) is 108 Å². The maximum atomic E-state index is 14.6. The molecule has 0 aliphatic carbocycles. The highest BCUT2D eigenvalue weighted by Crippen LogP contribution is 2.37. The first-order chi connectivity index (χ1) is 21.1. The third-order valence-electron chi connectivity index (χ3n) is 6.24. The number of hydrogen-bond acceptors (Lipinski definition) is 7. The van der Waals surface area contributed by atoms with Crippen LogP contribution in [0.4, 0.5) is 23.2 Å². The number of ether oxygens (including phenoxy) is 2. The molecule has 14 heteroatoms. The lowest BCUT2D eigenvalue weighted by atomic mass is 10.1. The van der Waals surface area contributed by atoms with Crippen LogP contribution in [0.2, 0.25) is 5.02 Å². The van der Waals surface area contributed by atoms with E-state index in [-0.39, 0.29) is 45.0 Å². The fourth-order valence-corrected chi connectivity index (χ4v) is 4.54. The van der Waals surface area contributed by atoms with Gasteiger partial charge in [-0.1, -0.05) is 17.7 Å². The number of oxazole rings is 1. The van der Waals surface area contributed by atoms with Crippen LogP contribution in [0.5, 0.6) is 5.75 Å². The summed E-state index contributed by atoms with van der Waals surface area (Å²) in [4.78, 5) is 29.4. The fourth-order valence-electron chi connectivity index (χ4n) is 4.26. The summed E-state index contributed by atoms with van der Waals surface area (Å²) in [7, 11) is 0. The number of esters is 1. The van der Waals surface area contributed by atoms with Gasteiger partial charge in [0, 0.05) is 24.6 Å². The number of aromatic nitrogens is 3. The summed E-state index contributed by atoms with van der Waals surface area (Å²) >= 11 is 6.16. The third-order valence-corrected chi connectivity index (χ3v) is 6.63. The van der Waals surface area contributed by atoms with Crippen molar-refractivity contribution in [3.63, 3.8) is 0 Å². The number of fused-ring (bicyclic) bond motifs is 1. The zero-order chi connectivity index (χ0) is 32.7. The summed E-state index contributed by atoms with van der Waals surface area (Å²) in [6.07, 6.45) is -4.89. The van der Waals surface area contributed by atoms with Crippen molar-refractivity contribution in [1.82, 2.24) is 14.8 Å². The molecule has 0 fully saturated rings. The zero-order valence-electron chi connectivity index (χ0n) is 24.3. The van der Waals surface area contributed by atoms with Gasteiger partial charge in [0.15, 0.2) is 17.2 Å². The second-order valence-corrected chi connectivity index (χ2v) is 11.2. The first-order valence-corrected chi connectivity index (χ1v) is 13.8. The van der Waals surface area contributed by atoms with Crippen molar-refractivity contribution < 1.29 is 41.0 Å². The molecule has 0 spiro atoms. The van der Waals surface area contributed by atoms with Crippen molar-refractivity contribution in [2.24, 2.45) is 0 Å². The standard InChI is InChI=1S/C31H25ClF4N4O5/c1-16-37-23-13-21(33)22(14-25(23)44-16)38-28(41)18-6-5-7-19(12-18)40-24(26(32)27(39-40)31(34,35)36)15-43-20-10-8-17(9-11-20)29(42)45-30(2,3)4/h5-14H,15H2,1-4H3,(H,38,41). The Balaban J connectivity index is 1.40. The summed E-state index contributed by atoms with van der Waals surface area (Å²) < 4.78 is 73.4. The van der Waals surface area contributed by atoms with Gasteiger partial charge in [0.05, 0.1) is 22.0 Å². The van der Waals surface area contributed by atoms with E-state index < -0.39 is 46.8 Å². The number of alkyl halides is 3. The minimum atomic E-state index is -4.89. The summed E-state index contributed by atoms with van der Waals surface area (Å²) in [5.41, 5.74) is -1.55. The van der Waals surface area contributed by atoms with Gasteiger partial charge in [0.25, 0.3) is 5.91 Å². The molecule has 0 bridgehead atoms. The average Bonchev–Trinajstić information content (AvgIpc) is 3.49. The number of carbonyl (C=O) groups excluding carboxylic acids is 2. The number of aryl methyl sites for hydroxylation is 1. The number of rotatable bonds is 7. The molecular weight excluding hydrogens is 620 g/mol. The summed E-state index contributed by atoms with van der Waals surface area (Å²) in [6, 6.07) is 13.7. The monoisotopic (exact) mass is 644 g/mol. The predicted molar refractivity (Wildman–Crippen MR) is 156 cm³/mol. The maximum absolute atomic E-state index is 14.6. The van der Waals surface area contributed by atoms with Gasteiger partial charge in [0.2, 0.25) is 0 Å². The molecule has 1 N–H and O–H groups in total. The second-order valence-electron chi connectivity index (χ2n) is 10.9. The highest BCUT2D eigenvalue weighted by molar-refractivity contribution is 6.32. The molecule has 0 radical (unpaired) electrons. The van der Waals surface area contributed by atoms with Crippen LogP contribution in [0.1, 0.15) is 58.8 Å². The van der Waals surface area contributed by atoms with Crippen LogP contribution in [0, 0.1) is 12.7 Å². The Morgan fingerprint density at radius 3 is 2.40 bits per heavy atom. The quantitative estimate of drug-likeness (QED) is 0.142. The van der Waals surface area contributed by atoms with E-state index in [4.69, 9.17) is 25.5 Å². The number of benzene rings is 3. The van der Waals surface area contributed by atoms with Gasteiger partial charge in [-0.05, 0) is 63.2 Å². The first kappa shape index (κ1) is 31.5. The largest absolute Gasteiger partial charge is 0.487 e. The predicted octanol–water partition coefficient (Wildman–Crippen LogP) is 7.92. The van der Waals surface area contributed by atoms with Gasteiger partial charge in [-0.2, -0.15) is 18.3 Å². The Morgan fingerprint density at radius 2 is 1.73 bits per heavy atom. The van der Waals surface area contributed by atoms with E-state index in [0.717, 1.165) is 10.7 Å². The van der Waals surface area contributed by atoms with Gasteiger partial charge in [-0.25, -0.2) is 18.9 Å². The Bertz CT molecular complexity index is 1910. The van der Waals surface area contributed by atoms with Crippen molar-refractivity contribution in [3.05, 3.63) is 99.9 Å². The lowest BCUT2D eigenvalue weighted by Gasteiger charge is -2.19. The molecule has 0 aliphatic rings. The number of nitrogens with zero attached hydrogens (tertiary/aromatic N) is 3. The van der Waals surface area contributed by atoms with E-state index in [9.17, 15) is 27.2 Å². The van der Waals surface area contributed by atoms with Crippen LogP contribution >= 0.6 is 11.6 Å². The van der Waals surface area contributed by atoms with Gasteiger partial charge < -0.3 is 19.2 Å². The minimum Gasteiger partial charge on any atom is -0.487 e. The Labute approximate surface area is 258 Å². The highest BCUT2D eigenvalue weighted by Gasteiger charge is 2.39. The van der Waals surface area contributed by atoms with Crippen molar-refractivity contribution in [1.29, 1.82) is 0 Å².